The normalized spacial score (nSPS) is 17.1. The first-order valence-corrected chi connectivity index (χ1v) is 8.89. The number of halogens is 1. The second-order valence-electron chi connectivity index (χ2n) is 6.26. The number of morpholine rings is 1. The Balaban J connectivity index is 1.86. The Hall–Kier alpha value is -1.11. The van der Waals surface area contributed by atoms with E-state index >= 15 is 0 Å². The van der Waals surface area contributed by atoms with Crippen molar-refractivity contribution in [3.05, 3.63) is 28.2 Å². The minimum atomic E-state index is -0.167. The summed E-state index contributed by atoms with van der Waals surface area (Å²) in [4.78, 5) is 14.5. The van der Waals surface area contributed by atoms with Crippen LogP contribution in [0.5, 0.6) is 0 Å². The number of aryl methyl sites for hydroxylation is 1. The van der Waals surface area contributed by atoms with Crippen molar-refractivity contribution in [3.63, 3.8) is 0 Å². The predicted molar refractivity (Wildman–Crippen MR) is 96.9 cm³/mol. The molecule has 2 amide bonds. The summed E-state index contributed by atoms with van der Waals surface area (Å²) in [7, 11) is 0. The molecule has 6 heteroatoms. The minimum Gasteiger partial charge on any atom is -0.379 e. The number of hydrogen-bond donors (Lipinski definition) is 2. The molecule has 2 rings (SSSR count). The van der Waals surface area contributed by atoms with Crippen LogP contribution in [0.3, 0.4) is 0 Å². The maximum Gasteiger partial charge on any atom is 0.319 e. The van der Waals surface area contributed by atoms with Crippen LogP contribution < -0.4 is 10.6 Å². The average molecular weight is 384 g/mol. The van der Waals surface area contributed by atoms with Crippen LogP contribution in [0.2, 0.25) is 0 Å². The lowest BCUT2D eigenvalue weighted by Gasteiger charge is -2.36. The lowest BCUT2D eigenvalue weighted by molar-refractivity contribution is 0.00728. The molecule has 1 saturated heterocycles. The highest BCUT2D eigenvalue weighted by Gasteiger charge is 2.24. The van der Waals surface area contributed by atoms with Crippen LogP contribution in [-0.4, -0.2) is 49.8 Å². The second kappa shape index (κ2) is 8.66. The number of nitrogens with one attached hydrogen (secondary N) is 2. The van der Waals surface area contributed by atoms with E-state index in [1.807, 2.05) is 25.1 Å². The lowest BCUT2D eigenvalue weighted by atomic mass is 10.0. The maximum atomic E-state index is 12.1. The third-order valence-corrected chi connectivity index (χ3v) is 5.04. The van der Waals surface area contributed by atoms with E-state index in [1.165, 1.54) is 0 Å². The van der Waals surface area contributed by atoms with Crippen molar-refractivity contribution >= 4 is 27.6 Å². The molecule has 0 radical (unpaired) electrons. The number of anilines is 1. The van der Waals surface area contributed by atoms with Crippen molar-refractivity contribution in [2.75, 3.05) is 38.2 Å². The summed E-state index contributed by atoms with van der Waals surface area (Å²) < 4.78 is 6.40. The summed E-state index contributed by atoms with van der Waals surface area (Å²) in [5, 5.41) is 5.88. The summed E-state index contributed by atoms with van der Waals surface area (Å²) in [6, 6.07) is 5.96. The van der Waals surface area contributed by atoms with Crippen molar-refractivity contribution < 1.29 is 9.53 Å². The summed E-state index contributed by atoms with van der Waals surface area (Å²) in [6.07, 6.45) is 0. The molecule has 1 aromatic rings. The third kappa shape index (κ3) is 5.48. The first-order valence-electron chi connectivity index (χ1n) is 8.10. The highest BCUT2D eigenvalue weighted by atomic mass is 79.9. The van der Waals surface area contributed by atoms with E-state index in [0.29, 0.717) is 18.5 Å². The maximum absolute atomic E-state index is 12.1. The van der Waals surface area contributed by atoms with Gasteiger partial charge in [-0.1, -0.05) is 35.8 Å². The molecule has 2 N–H and O–H groups in total. The number of benzene rings is 1. The minimum absolute atomic E-state index is 0.167. The van der Waals surface area contributed by atoms with E-state index in [9.17, 15) is 4.79 Å². The Morgan fingerprint density at radius 2 is 2.04 bits per heavy atom. The second-order valence-corrected chi connectivity index (χ2v) is 7.11. The van der Waals surface area contributed by atoms with Gasteiger partial charge in [0.05, 0.1) is 13.2 Å². The van der Waals surface area contributed by atoms with E-state index < -0.39 is 0 Å². The fourth-order valence-electron chi connectivity index (χ4n) is 2.74. The monoisotopic (exact) mass is 383 g/mol. The Morgan fingerprint density at radius 1 is 1.35 bits per heavy atom. The van der Waals surface area contributed by atoms with Crippen molar-refractivity contribution in [1.82, 2.24) is 10.2 Å². The molecule has 128 valence electrons. The molecule has 0 bridgehead atoms. The standard InChI is InChI=1S/C17H26BrN3O2/c1-12(2)16(21-6-8-23-9-7-21)11-19-17(22)20-14-5-4-13(3)15(18)10-14/h4-5,10,12,16H,6-9,11H2,1-3H3,(H2,19,20,22). The number of carbonyl (C=O) groups is 1. The summed E-state index contributed by atoms with van der Waals surface area (Å²) in [6.45, 7) is 10.4. The number of hydrogen-bond acceptors (Lipinski definition) is 3. The molecule has 0 saturated carbocycles. The molecular weight excluding hydrogens is 358 g/mol. The number of rotatable bonds is 5. The first kappa shape index (κ1) is 18.2. The Labute approximate surface area is 146 Å². The smallest absolute Gasteiger partial charge is 0.319 e. The van der Waals surface area contributed by atoms with Gasteiger partial charge in [0.1, 0.15) is 0 Å². The number of nitrogens with zero attached hydrogens (tertiary/aromatic N) is 1. The van der Waals surface area contributed by atoms with Crippen molar-refractivity contribution in [1.29, 1.82) is 0 Å². The Kier molecular flexibility index (Phi) is 6.87. The van der Waals surface area contributed by atoms with E-state index in [4.69, 9.17) is 4.74 Å². The van der Waals surface area contributed by atoms with Crippen LogP contribution in [-0.2, 0) is 4.74 Å². The third-order valence-electron chi connectivity index (χ3n) is 4.19. The number of ether oxygens (including phenoxy) is 1. The van der Waals surface area contributed by atoms with Gasteiger partial charge in [-0.05, 0) is 30.5 Å². The topological polar surface area (TPSA) is 53.6 Å². The molecule has 1 aromatic carbocycles. The molecule has 5 nitrogen and oxygen atoms in total. The molecular formula is C17H26BrN3O2. The SMILES string of the molecule is Cc1ccc(NC(=O)NCC(C(C)C)N2CCOCC2)cc1Br. The molecule has 1 heterocycles. The van der Waals surface area contributed by atoms with E-state index in [2.05, 4.69) is 45.3 Å². The lowest BCUT2D eigenvalue weighted by Crippen LogP contribution is -2.51. The van der Waals surface area contributed by atoms with Gasteiger partial charge < -0.3 is 15.4 Å². The van der Waals surface area contributed by atoms with Gasteiger partial charge in [-0.25, -0.2) is 4.79 Å². The van der Waals surface area contributed by atoms with Gasteiger partial charge in [-0.2, -0.15) is 0 Å². The van der Waals surface area contributed by atoms with E-state index in [1.54, 1.807) is 0 Å². The summed E-state index contributed by atoms with van der Waals surface area (Å²) in [5.74, 6) is 0.474. The molecule has 0 aromatic heterocycles. The number of amides is 2. The Bertz CT molecular complexity index is 531. The first-order chi connectivity index (χ1) is 11.0. The van der Waals surface area contributed by atoms with Gasteiger partial charge in [0.2, 0.25) is 0 Å². The van der Waals surface area contributed by atoms with Gasteiger partial charge in [0, 0.05) is 35.8 Å². The van der Waals surface area contributed by atoms with Crippen LogP contribution in [0.15, 0.2) is 22.7 Å². The van der Waals surface area contributed by atoms with Gasteiger partial charge in [-0.3, -0.25) is 4.90 Å². The highest BCUT2D eigenvalue weighted by molar-refractivity contribution is 9.10. The predicted octanol–water partition coefficient (Wildman–Crippen LogP) is 3.24. The highest BCUT2D eigenvalue weighted by Crippen LogP contribution is 2.20. The fourth-order valence-corrected chi connectivity index (χ4v) is 3.12. The van der Waals surface area contributed by atoms with Crippen LogP contribution >= 0.6 is 15.9 Å². The number of carbonyl (C=O) groups excluding carboxylic acids is 1. The largest absolute Gasteiger partial charge is 0.379 e. The van der Waals surface area contributed by atoms with Gasteiger partial charge in [-0.15, -0.1) is 0 Å². The van der Waals surface area contributed by atoms with Crippen LogP contribution in [0.1, 0.15) is 19.4 Å². The van der Waals surface area contributed by atoms with Gasteiger partial charge in [0.15, 0.2) is 0 Å². The van der Waals surface area contributed by atoms with E-state index in [-0.39, 0.29) is 6.03 Å². The molecule has 0 spiro atoms. The quantitative estimate of drug-likeness (QED) is 0.820. The number of urea groups is 1. The van der Waals surface area contributed by atoms with E-state index in [0.717, 1.165) is 42.0 Å². The Morgan fingerprint density at radius 3 is 2.65 bits per heavy atom. The average Bonchev–Trinajstić information content (AvgIpc) is 2.52. The molecule has 23 heavy (non-hydrogen) atoms. The molecule has 1 unspecified atom stereocenters. The van der Waals surface area contributed by atoms with Crippen LogP contribution in [0.25, 0.3) is 0 Å². The molecule has 1 fully saturated rings. The van der Waals surface area contributed by atoms with Gasteiger partial charge in [0.25, 0.3) is 0 Å². The molecule has 1 atom stereocenters. The van der Waals surface area contributed by atoms with Crippen molar-refractivity contribution in [3.8, 4) is 0 Å². The van der Waals surface area contributed by atoms with Crippen molar-refractivity contribution in [2.45, 2.75) is 26.8 Å². The molecule has 1 aliphatic rings. The zero-order valence-corrected chi connectivity index (χ0v) is 15.6. The fraction of sp³-hybridized carbons (Fsp3) is 0.588. The molecule has 1 aliphatic heterocycles. The van der Waals surface area contributed by atoms with Gasteiger partial charge >= 0.3 is 6.03 Å². The van der Waals surface area contributed by atoms with Crippen LogP contribution in [0, 0.1) is 12.8 Å². The molecule has 0 aliphatic carbocycles. The zero-order valence-electron chi connectivity index (χ0n) is 14.1. The summed E-state index contributed by atoms with van der Waals surface area (Å²) >= 11 is 3.48. The summed E-state index contributed by atoms with van der Waals surface area (Å²) in [5.41, 5.74) is 1.93. The van der Waals surface area contributed by atoms with Crippen molar-refractivity contribution in [2.24, 2.45) is 5.92 Å². The zero-order chi connectivity index (χ0) is 16.8. The van der Waals surface area contributed by atoms with Crippen LogP contribution in [0.4, 0.5) is 10.5 Å².